The number of hydrogen-bond donors (Lipinski definition) is 2. The first-order valence-electron chi connectivity index (χ1n) is 6.16. The lowest BCUT2D eigenvalue weighted by molar-refractivity contribution is -0.118. The van der Waals surface area contributed by atoms with Gasteiger partial charge in [0.05, 0.1) is 29.3 Å². The molecule has 0 aliphatic carbocycles. The molecule has 1 atom stereocenters. The maximum absolute atomic E-state index is 12.0. The lowest BCUT2D eigenvalue weighted by atomic mass is 10.2. The van der Waals surface area contributed by atoms with E-state index in [1.54, 1.807) is 12.1 Å². The minimum Gasteiger partial charge on any atom is -0.491 e. The number of hydrogen-bond acceptors (Lipinski definition) is 4. The topological polar surface area (TPSA) is 73.6 Å². The summed E-state index contributed by atoms with van der Waals surface area (Å²) in [4.78, 5) is 12.0. The lowest BCUT2D eigenvalue weighted by Gasteiger charge is -2.16. The van der Waals surface area contributed by atoms with Crippen LogP contribution in [0.15, 0.2) is 16.6 Å². The van der Waals surface area contributed by atoms with Crippen molar-refractivity contribution in [2.75, 3.05) is 25.6 Å². The first-order valence-corrected chi connectivity index (χ1v) is 7.33. The molecule has 0 spiro atoms. The van der Waals surface area contributed by atoms with E-state index in [-0.39, 0.29) is 25.0 Å². The molecule has 1 unspecified atom stereocenters. The predicted molar refractivity (Wildman–Crippen MR) is 83.4 cm³/mol. The Balaban J connectivity index is 2.87. The van der Waals surface area contributed by atoms with Gasteiger partial charge < -0.3 is 20.5 Å². The fraction of sp³-hybridized carbons (Fsp3) is 0.462. The van der Waals surface area contributed by atoms with E-state index in [9.17, 15) is 4.79 Å². The van der Waals surface area contributed by atoms with Crippen molar-refractivity contribution in [3.8, 4) is 5.75 Å². The standard InChI is InChI=1S/C13H18BrClN2O3/c1-3-20-13-10(14)4-8(15)5-11(13)17-12(18)6-9(7-16)19-2/h4-5,9H,3,6-7,16H2,1-2H3,(H,17,18). The zero-order valence-corrected chi connectivity index (χ0v) is 13.8. The quantitative estimate of drug-likeness (QED) is 0.779. The van der Waals surface area contributed by atoms with E-state index in [2.05, 4.69) is 21.2 Å². The molecule has 1 rings (SSSR count). The zero-order chi connectivity index (χ0) is 15.1. The molecule has 112 valence electrons. The van der Waals surface area contributed by atoms with Gasteiger partial charge in [-0.25, -0.2) is 0 Å². The summed E-state index contributed by atoms with van der Waals surface area (Å²) < 4.78 is 11.3. The number of halogens is 2. The molecule has 3 N–H and O–H groups in total. The molecular weight excluding hydrogens is 348 g/mol. The second kappa shape index (κ2) is 8.46. The third-order valence-electron chi connectivity index (χ3n) is 2.58. The van der Waals surface area contributed by atoms with Gasteiger partial charge in [0.1, 0.15) is 0 Å². The van der Waals surface area contributed by atoms with Crippen LogP contribution in [-0.2, 0) is 9.53 Å². The van der Waals surface area contributed by atoms with Gasteiger partial charge in [-0.2, -0.15) is 0 Å². The number of nitrogens with two attached hydrogens (primary N) is 1. The second-order valence-corrected chi connectivity index (χ2v) is 5.33. The Labute approximate surface area is 131 Å². The van der Waals surface area contributed by atoms with Crippen LogP contribution < -0.4 is 15.8 Å². The summed E-state index contributed by atoms with van der Waals surface area (Å²) in [5, 5.41) is 3.26. The van der Waals surface area contributed by atoms with Crippen molar-refractivity contribution in [2.45, 2.75) is 19.4 Å². The Morgan fingerprint density at radius 3 is 2.80 bits per heavy atom. The molecule has 0 bridgehead atoms. The normalized spacial score (nSPS) is 12.1. The smallest absolute Gasteiger partial charge is 0.227 e. The fourth-order valence-corrected chi connectivity index (χ4v) is 2.54. The summed E-state index contributed by atoms with van der Waals surface area (Å²) in [5.41, 5.74) is 6.01. The maximum atomic E-state index is 12.0. The number of ether oxygens (including phenoxy) is 2. The van der Waals surface area contributed by atoms with Gasteiger partial charge in [0.15, 0.2) is 5.75 Å². The molecule has 0 saturated heterocycles. The first-order chi connectivity index (χ1) is 9.51. The van der Waals surface area contributed by atoms with Crippen molar-refractivity contribution in [3.63, 3.8) is 0 Å². The van der Waals surface area contributed by atoms with E-state index in [0.717, 1.165) is 0 Å². The summed E-state index contributed by atoms with van der Waals surface area (Å²) in [6.45, 7) is 2.62. The van der Waals surface area contributed by atoms with Crippen molar-refractivity contribution in [1.82, 2.24) is 0 Å². The van der Waals surface area contributed by atoms with Gasteiger partial charge in [0.25, 0.3) is 0 Å². The number of rotatable bonds is 7. The first kappa shape index (κ1) is 17.2. The average molecular weight is 366 g/mol. The Morgan fingerprint density at radius 1 is 1.55 bits per heavy atom. The molecule has 0 aromatic heterocycles. The molecule has 0 heterocycles. The van der Waals surface area contributed by atoms with Crippen LogP contribution in [0.3, 0.4) is 0 Å². The predicted octanol–water partition coefficient (Wildman–Crippen LogP) is 2.80. The van der Waals surface area contributed by atoms with Gasteiger partial charge in [-0.05, 0) is 35.0 Å². The van der Waals surface area contributed by atoms with Gasteiger partial charge in [-0.3, -0.25) is 4.79 Å². The number of amides is 1. The van der Waals surface area contributed by atoms with Crippen molar-refractivity contribution in [3.05, 3.63) is 21.6 Å². The molecule has 7 heteroatoms. The van der Waals surface area contributed by atoms with Crippen LogP contribution in [0.25, 0.3) is 0 Å². The van der Waals surface area contributed by atoms with E-state index in [1.807, 2.05) is 6.92 Å². The third kappa shape index (κ3) is 4.94. The second-order valence-electron chi connectivity index (χ2n) is 4.04. The SMILES string of the molecule is CCOc1c(Br)cc(Cl)cc1NC(=O)CC(CN)OC. The van der Waals surface area contributed by atoms with Crippen molar-refractivity contribution in [2.24, 2.45) is 5.73 Å². The highest BCUT2D eigenvalue weighted by molar-refractivity contribution is 9.10. The Kier molecular flexibility index (Phi) is 7.29. The number of carbonyl (C=O) groups excluding carboxylic acids is 1. The van der Waals surface area contributed by atoms with Gasteiger partial charge in [0.2, 0.25) is 5.91 Å². The number of nitrogens with one attached hydrogen (secondary N) is 1. The summed E-state index contributed by atoms with van der Waals surface area (Å²) in [6.07, 6.45) is -0.143. The van der Waals surface area contributed by atoms with Gasteiger partial charge in [-0.1, -0.05) is 11.6 Å². The highest BCUT2D eigenvalue weighted by Crippen LogP contribution is 2.36. The van der Waals surface area contributed by atoms with Gasteiger partial charge in [0, 0.05) is 18.7 Å². The molecule has 0 saturated carbocycles. The Morgan fingerprint density at radius 2 is 2.25 bits per heavy atom. The third-order valence-corrected chi connectivity index (χ3v) is 3.39. The number of benzene rings is 1. The van der Waals surface area contributed by atoms with E-state index < -0.39 is 0 Å². The van der Waals surface area contributed by atoms with Crippen molar-refractivity contribution >= 4 is 39.1 Å². The van der Waals surface area contributed by atoms with Crippen LogP contribution in [0.5, 0.6) is 5.75 Å². The maximum Gasteiger partial charge on any atom is 0.227 e. The number of methoxy groups -OCH3 is 1. The number of anilines is 1. The molecule has 0 aliphatic heterocycles. The summed E-state index contributed by atoms with van der Waals surface area (Å²) in [7, 11) is 1.52. The van der Waals surface area contributed by atoms with E-state index >= 15 is 0 Å². The largest absolute Gasteiger partial charge is 0.491 e. The molecule has 0 aliphatic rings. The van der Waals surface area contributed by atoms with Crippen LogP contribution in [0.2, 0.25) is 5.02 Å². The molecule has 1 aromatic carbocycles. The van der Waals surface area contributed by atoms with E-state index in [1.165, 1.54) is 7.11 Å². The van der Waals surface area contributed by atoms with Crippen LogP contribution in [0, 0.1) is 0 Å². The minimum atomic E-state index is -0.312. The molecule has 5 nitrogen and oxygen atoms in total. The lowest BCUT2D eigenvalue weighted by Crippen LogP contribution is -2.28. The van der Waals surface area contributed by atoms with Gasteiger partial charge in [-0.15, -0.1) is 0 Å². The number of carbonyl (C=O) groups is 1. The zero-order valence-electron chi connectivity index (χ0n) is 11.4. The molecule has 20 heavy (non-hydrogen) atoms. The average Bonchev–Trinajstić information content (AvgIpc) is 2.39. The van der Waals surface area contributed by atoms with Crippen LogP contribution >= 0.6 is 27.5 Å². The molecule has 1 aromatic rings. The summed E-state index contributed by atoms with van der Waals surface area (Å²) >= 11 is 9.35. The van der Waals surface area contributed by atoms with Crippen LogP contribution in [0.4, 0.5) is 5.69 Å². The summed E-state index contributed by atoms with van der Waals surface area (Å²) in [6, 6.07) is 3.35. The minimum absolute atomic E-state index is 0.169. The molecule has 0 radical (unpaired) electrons. The highest BCUT2D eigenvalue weighted by Gasteiger charge is 2.16. The van der Waals surface area contributed by atoms with E-state index in [0.29, 0.717) is 27.5 Å². The van der Waals surface area contributed by atoms with Crippen LogP contribution in [-0.4, -0.2) is 32.3 Å². The van der Waals surface area contributed by atoms with Crippen LogP contribution in [0.1, 0.15) is 13.3 Å². The molecule has 1 amide bonds. The molecular formula is C13H18BrClN2O3. The summed E-state index contributed by atoms with van der Waals surface area (Å²) in [5.74, 6) is 0.337. The van der Waals surface area contributed by atoms with E-state index in [4.69, 9.17) is 26.8 Å². The van der Waals surface area contributed by atoms with Crippen molar-refractivity contribution in [1.29, 1.82) is 0 Å². The monoisotopic (exact) mass is 364 g/mol. The highest BCUT2D eigenvalue weighted by atomic mass is 79.9. The Hall–Kier alpha value is -0.820. The Bertz CT molecular complexity index is 467. The van der Waals surface area contributed by atoms with Gasteiger partial charge >= 0.3 is 0 Å². The molecule has 0 fully saturated rings. The fourth-order valence-electron chi connectivity index (χ4n) is 1.62. The van der Waals surface area contributed by atoms with Crippen molar-refractivity contribution < 1.29 is 14.3 Å².